The molecule has 0 spiro atoms. The van der Waals surface area contributed by atoms with E-state index in [0.29, 0.717) is 22.6 Å². The van der Waals surface area contributed by atoms with Crippen molar-refractivity contribution in [2.45, 2.75) is 0 Å². The molecule has 0 aliphatic carbocycles. The number of hydrogen-bond donors (Lipinski definition) is 0. The van der Waals surface area contributed by atoms with E-state index in [1.165, 1.54) is 21.8 Å². The van der Waals surface area contributed by atoms with E-state index in [2.05, 4.69) is 108 Å². The van der Waals surface area contributed by atoms with Crippen molar-refractivity contribution >= 4 is 32.8 Å². The second kappa shape index (κ2) is 11.7. The Kier molecular flexibility index (Phi) is 6.78. The molecule has 6 aromatic carbocycles. The lowest BCUT2D eigenvalue weighted by Gasteiger charge is -2.14. The zero-order valence-corrected chi connectivity index (χ0v) is 26.3. The number of nitriles is 1. The van der Waals surface area contributed by atoms with E-state index < -0.39 is 0 Å². The maximum absolute atomic E-state index is 9.68. The molecule has 5 heteroatoms. The van der Waals surface area contributed by atoms with Crippen LogP contribution in [0.4, 0.5) is 0 Å². The van der Waals surface area contributed by atoms with Gasteiger partial charge in [0.15, 0.2) is 0 Å². The average Bonchev–Trinajstić information content (AvgIpc) is 3.52. The molecule has 0 amide bonds. The third-order valence-corrected chi connectivity index (χ3v) is 9.01. The van der Waals surface area contributed by atoms with Crippen molar-refractivity contribution in [2.24, 2.45) is 0 Å². The molecule has 0 saturated carbocycles. The van der Waals surface area contributed by atoms with E-state index in [4.69, 9.17) is 15.0 Å². The molecule has 0 N–H and O–H groups in total. The highest BCUT2D eigenvalue weighted by Crippen LogP contribution is 2.36. The molecular weight excluding hydrogens is 599 g/mol. The number of hydrogen-bond acceptors (Lipinski definition) is 4. The topological polar surface area (TPSA) is 67.4 Å². The monoisotopic (exact) mass is 625 g/mol. The van der Waals surface area contributed by atoms with Crippen molar-refractivity contribution in [2.75, 3.05) is 0 Å². The van der Waals surface area contributed by atoms with Gasteiger partial charge in [-0.2, -0.15) is 5.26 Å². The van der Waals surface area contributed by atoms with Crippen LogP contribution in [-0.2, 0) is 0 Å². The molecule has 0 bridgehead atoms. The fraction of sp³-hybridized carbons (Fsp3) is 0. The molecule has 9 aromatic rings. The van der Waals surface area contributed by atoms with Crippen LogP contribution in [0.3, 0.4) is 0 Å². The minimum atomic E-state index is 0.563. The fourth-order valence-corrected chi connectivity index (χ4v) is 6.69. The number of fused-ring (bicyclic) bond motifs is 4. The first-order valence-corrected chi connectivity index (χ1v) is 16.2. The summed E-state index contributed by atoms with van der Waals surface area (Å²) in [5.41, 5.74) is 12.4. The summed E-state index contributed by atoms with van der Waals surface area (Å²) in [6.07, 6.45) is 0. The van der Waals surface area contributed by atoms with Gasteiger partial charge in [-0.3, -0.25) is 0 Å². The van der Waals surface area contributed by atoms with Gasteiger partial charge in [-0.1, -0.05) is 103 Å². The Balaban J connectivity index is 1.23. The molecule has 0 radical (unpaired) electrons. The molecule has 228 valence electrons. The Hall–Kier alpha value is -6.90. The van der Waals surface area contributed by atoms with Crippen LogP contribution >= 0.6 is 0 Å². The fourth-order valence-electron chi connectivity index (χ4n) is 6.69. The van der Waals surface area contributed by atoms with Crippen molar-refractivity contribution in [1.82, 2.24) is 19.5 Å². The Morgan fingerprint density at radius 1 is 0.429 bits per heavy atom. The molecular formula is C44H27N5. The Labute approximate surface area is 283 Å². The lowest BCUT2D eigenvalue weighted by Crippen LogP contribution is -1.99. The van der Waals surface area contributed by atoms with E-state index in [9.17, 15) is 5.26 Å². The summed E-state index contributed by atoms with van der Waals surface area (Å²) in [6, 6.07) is 57.9. The van der Waals surface area contributed by atoms with Gasteiger partial charge in [0, 0.05) is 27.6 Å². The Morgan fingerprint density at radius 3 is 1.71 bits per heavy atom. The first kappa shape index (κ1) is 28.3. The highest BCUT2D eigenvalue weighted by molar-refractivity contribution is 6.09. The van der Waals surface area contributed by atoms with Crippen LogP contribution < -0.4 is 0 Å². The molecule has 5 nitrogen and oxygen atoms in total. The van der Waals surface area contributed by atoms with Crippen LogP contribution in [0.25, 0.3) is 83.6 Å². The zero-order valence-electron chi connectivity index (χ0n) is 26.3. The summed E-state index contributed by atoms with van der Waals surface area (Å²) in [4.78, 5) is 15.4. The van der Waals surface area contributed by atoms with Gasteiger partial charge in [0.2, 0.25) is 0 Å². The van der Waals surface area contributed by atoms with Gasteiger partial charge in [-0.25, -0.2) is 15.0 Å². The van der Waals surface area contributed by atoms with E-state index in [1.54, 1.807) is 6.07 Å². The van der Waals surface area contributed by atoms with Crippen molar-refractivity contribution < 1.29 is 0 Å². The Bertz CT molecular complexity index is 2670. The molecule has 0 saturated heterocycles. The number of benzene rings is 6. The molecule has 0 atom stereocenters. The zero-order chi connectivity index (χ0) is 32.7. The van der Waals surface area contributed by atoms with Gasteiger partial charge in [0.05, 0.1) is 50.8 Å². The predicted octanol–water partition coefficient (Wildman–Crippen LogP) is 10.7. The highest BCUT2D eigenvalue weighted by Gasteiger charge is 2.18. The van der Waals surface area contributed by atoms with Crippen LogP contribution in [0.5, 0.6) is 0 Å². The summed E-state index contributed by atoms with van der Waals surface area (Å²) >= 11 is 0. The predicted molar refractivity (Wildman–Crippen MR) is 198 cm³/mol. The molecule has 3 heterocycles. The largest absolute Gasteiger partial charge is 0.309 e. The van der Waals surface area contributed by atoms with Crippen LogP contribution in [0.15, 0.2) is 164 Å². The SMILES string of the molecule is N#Cc1cccc(-c2nc3ccccc3nc2-c2cc(-c3ccc(-n4c5ccccc5c5ccccc54)cc3)cc(-c3ccccc3)n2)c1. The van der Waals surface area contributed by atoms with Crippen LogP contribution in [0.2, 0.25) is 0 Å². The summed E-state index contributed by atoms with van der Waals surface area (Å²) in [5, 5.41) is 12.2. The normalized spacial score (nSPS) is 11.2. The molecule has 0 aliphatic rings. The van der Waals surface area contributed by atoms with Crippen molar-refractivity contribution in [1.29, 1.82) is 5.26 Å². The minimum Gasteiger partial charge on any atom is -0.309 e. The van der Waals surface area contributed by atoms with E-state index in [0.717, 1.165) is 44.7 Å². The van der Waals surface area contributed by atoms with Gasteiger partial charge in [0.1, 0.15) is 5.69 Å². The van der Waals surface area contributed by atoms with Gasteiger partial charge in [-0.15, -0.1) is 0 Å². The number of para-hydroxylation sites is 4. The van der Waals surface area contributed by atoms with Crippen LogP contribution in [0.1, 0.15) is 5.56 Å². The maximum atomic E-state index is 9.68. The van der Waals surface area contributed by atoms with E-state index in [1.807, 2.05) is 60.7 Å². The van der Waals surface area contributed by atoms with Gasteiger partial charge in [0.25, 0.3) is 0 Å². The second-order valence-corrected chi connectivity index (χ2v) is 12.0. The van der Waals surface area contributed by atoms with Crippen LogP contribution in [-0.4, -0.2) is 19.5 Å². The number of nitrogens with zero attached hydrogens (tertiary/aromatic N) is 5. The maximum Gasteiger partial charge on any atom is 0.116 e. The lowest BCUT2D eigenvalue weighted by molar-refractivity contribution is 1.18. The number of rotatable bonds is 5. The molecule has 0 unspecified atom stereocenters. The van der Waals surface area contributed by atoms with Crippen molar-refractivity contribution in [3.05, 3.63) is 169 Å². The highest BCUT2D eigenvalue weighted by atomic mass is 15.0. The van der Waals surface area contributed by atoms with Crippen molar-refractivity contribution in [3.63, 3.8) is 0 Å². The van der Waals surface area contributed by atoms with Gasteiger partial charge < -0.3 is 4.57 Å². The molecule has 0 fully saturated rings. The third kappa shape index (κ3) is 5.00. The quantitative estimate of drug-likeness (QED) is 0.191. The molecule has 0 aliphatic heterocycles. The Morgan fingerprint density at radius 2 is 1.02 bits per heavy atom. The lowest BCUT2D eigenvalue weighted by atomic mass is 9.99. The number of pyridine rings is 1. The summed E-state index contributed by atoms with van der Waals surface area (Å²) < 4.78 is 2.33. The second-order valence-electron chi connectivity index (χ2n) is 12.0. The first-order valence-electron chi connectivity index (χ1n) is 16.2. The van der Waals surface area contributed by atoms with E-state index in [-0.39, 0.29) is 0 Å². The summed E-state index contributed by atoms with van der Waals surface area (Å²) in [6.45, 7) is 0. The molecule has 3 aromatic heterocycles. The average molecular weight is 626 g/mol. The summed E-state index contributed by atoms with van der Waals surface area (Å²) in [7, 11) is 0. The van der Waals surface area contributed by atoms with Crippen LogP contribution in [0, 0.1) is 11.3 Å². The van der Waals surface area contributed by atoms with Gasteiger partial charge >= 0.3 is 0 Å². The third-order valence-electron chi connectivity index (χ3n) is 9.01. The molecule has 9 rings (SSSR count). The van der Waals surface area contributed by atoms with E-state index >= 15 is 0 Å². The van der Waals surface area contributed by atoms with Crippen molar-refractivity contribution in [3.8, 4) is 56.8 Å². The summed E-state index contributed by atoms with van der Waals surface area (Å²) in [5.74, 6) is 0. The molecule has 49 heavy (non-hydrogen) atoms. The van der Waals surface area contributed by atoms with Gasteiger partial charge in [-0.05, 0) is 71.8 Å². The first-order chi connectivity index (χ1) is 24.2. The standard InChI is InChI=1S/C44H27N5/c45-28-29-11-10-14-32(25-29)43-44(48-38-18-7-6-17-37(38)47-43)40-27-33(26-39(46-40)31-12-2-1-3-13-31)30-21-23-34(24-22-30)49-41-19-8-4-15-35(41)36-16-5-9-20-42(36)49/h1-27H. The smallest absolute Gasteiger partial charge is 0.116 e. The number of aromatic nitrogens is 4. The minimum absolute atomic E-state index is 0.563.